The zero-order chi connectivity index (χ0) is 11.2. The molecule has 0 radical (unpaired) electrons. The Balaban J connectivity index is 0.000000500. The predicted octanol–water partition coefficient (Wildman–Crippen LogP) is 0.943. The minimum atomic E-state index is -4.02. The van der Waals surface area contributed by atoms with Gasteiger partial charge in [-0.3, -0.25) is 9.35 Å². The summed E-state index contributed by atoms with van der Waals surface area (Å²) in [6.07, 6.45) is 0. The third-order valence-corrected chi connectivity index (χ3v) is 2.19. The monoisotopic (exact) mass is 218 g/mol. The average molecular weight is 218 g/mol. The molecule has 0 spiro atoms. The average Bonchev–Trinajstić information content (AvgIpc) is 2.04. The smallest absolute Gasteiger partial charge is 0.294 e. The first-order valence-corrected chi connectivity index (χ1v) is 4.98. The van der Waals surface area contributed by atoms with Crippen LogP contribution in [0.1, 0.15) is 5.56 Å². The summed E-state index contributed by atoms with van der Waals surface area (Å²) in [6.45, 7) is 1.59. The van der Waals surface area contributed by atoms with Gasteiger partial charge in [0.2, 0.25) is 0 Å². The first kappa shape index (κ1) is 12.6. The van der Waals surface area contributed by atoms with Crippen molar-refractivity contribution in [3.63, 3.8) is 0 Å². The lowest BCUT2D eigenvalue weighted by Crippen LogP contribution is -1.96. The maximum absolute atomic E-state index is 10.5. The molecular weight excluding hydrogens is 208 g/mol. The fraction of sp³-hybridized carbons (Fsp3) is 0.125. The van der Waals surface area contributed by atoms with E-state index in [4.69, 9.17) is 14.5 Å². The van der Waals surface area contributed by atoms with E-state index in [9.17, 15) is 8.42 Å². The van der Waals surface area contributed by atoms with Crippen molar-refractivity contribution in [2.45, 2.75) is 11.8 Å². The molecule has 0 aliphatic heterocycles. The zero-order valence-corrected chi connectivity index (χ0v) is 8.23. The van der Waals surface area contributed by atoms with Gasteiger partial charge in [-0.25, -0.2) is 0 Å². The van der Waals surface area contributed by atoms with Crippen LogP contribution in [0.2, 0.25) is 0 Å². The van der Waals surface area contributed by atoms with E-state index in [1.165, 1.54) is 12.1 Å². The molecule has 0 heterocycles. The molecule has 0 bridgehead atoms. The van der Waals surface area contributed by atoms with E-state index in [0.29, 0.717) is 0 Å². The summed E-state index contributed by atoms with van der Waals surface area (Å²) >= 11 is 0. The van der Waals surface area contributed by atoms with E-state index in [0.717, 1.165) is 5.56 Å². The molecule has 2 N–H and O–H groups in total. The molecule has 5 nitrogen and oxygen atoms in total. The van der Waals surface area contributed by atoms with Gasteiger partial charge >= 0.3 is 0 Å². The van der Waals surface area contributed by atoms with Crippen LogP contribution < -0.4 is 0 Å². The van der Waals surface area contributed by atoms with Crippen molar-refractivity contribution >= 4 is 16.6 Å². The summed E-state index contributed by atoms with van der Waals surface area (Å²) in [7, 11) is -4.02. The Bertz CT molecular complexity index is 379. The van der Waals surface area contributed by atoms with Gasteiger partial charge in [0.15, 0.2) is 0 Å². The molecule has 1 aromatic rings. The van der Waals surface area contributed by atoms with Gasteiger partial charge < -0.3 is 5.11 Å². The summed E-state index contributed by atoms with van der Waals surface area (Å²) in [5.74, 6) is 0. The number of carbonyl (C=O) groups is 1. The Morgan fingerprint density at radius 1 is 1.21 bits per heavy atom. The second-order valence-corrected chi connectivity index (χ2v) is 3.82. The van der Waals surface area contributed by atoms with Gasteiger partial charge in [0, 0.05) is 0 Å². The van der Waals surface area contributed by atoms with E-state index < -0.39 is 10.1 Å². The van der Waals surface area contributed by atoms with Crippen molar-refractivity contribution in [2.24, 2.45) is 0 Å². The van der Waals surface area contributed by atoms with E-state index >= 15 is 0 Å². The van der Waals surface area contributed by atoms with Crippen LogP contribution in [-0.4, -0.2) is 24.5 Å². The van der Waals surface area contributed by atoms with Crippen LogP contribution in [0, 0.1) is 6.92 Å². The predicted molar refractivity (Wildman–Crippen MR) is 49.7 cm³/mol. The number of rotatable bonds is 1. The molecule has 1 rings (SSSR count). The molecule has 0 unspecified atom stereocenters. The first-order valence-electron chi connectivity index (χ1n) is 3.54. The van der Waals surface area contributed by atoms with Crippen molar-refractivity contribution < 1.29 is 22.9 Å². The Hall–Kier alpha value is -1.40. The molecule has 6 heteroatoms. The van der Waals surface area contributed by atoms with Gasteiger partial charge in [0.25, 0.3) is 16.6 Å². The zero-order valence-electron chi connectivity index (χ0n) is 7.41. The molecule has 0 aliphatic carbocycles. The van der Waals surface area contributed by atoms with E-state index in [1.807, 2.05) is 6.92 Å². The van der Waals surface area contributed by atoms with Gasteiger partial charge in [-0.05, 0) is 19.1 Å². The molecule has 0 aliphatic rings. The number of hydrogen-bond donors (Lipinski definition) is 2. The minimum absolute atomic E-state index is 0.0666. The van der Waals surface area contributed by atoms with Crippen molar-refractivity contribution in [1.82, 2.24) is 0 Å². The Kier molecular flexibility index (Phi) is 4.82. The summed E-state index contributed by atoms with van der Waals surface area (Å²) < 4.78 is 29.6. The molecule has 1 aromatic carbocycles. The molecule has 0 saturated carbocycles. The van der Waals surface area contributed by atoms with Gasteiger partial charge in [-0.1, -0.05) is 17.7 Å². The van der Waals surface area contributed by atoms with Crippen LogP contribution >= 0.6 is 0 Å². The molecule has 0 fully saturated rings. The Morgan fingerprint density at radius 2 is 1.57 bits per heavy atom. The molecule has 78 valence electrons. The van der Waals surface area contributed by atoms with Crippen LogP contribution in [0.4, 0.5) is 0 Å². The van der Waals surface area contributed by atoms with Crippen LogP contribution in [-0.2, 0) is 14.9 Å². The number of benzene rings is 1. The molecule has 0 aromatic heterocycles. The number of aryl methyl sites for hydroxylation is 1. The quantitative estimate of drug-likeness (QED) is 0.540. The fourth-order valence-electron chi connectivity index (χ4n) is 0.710. The fourth-order valence-corrected chi connectivity index (χ4v) is 1.19. The maximum atomic E-state index is 10.5. The minimum Gasteiger partial charge on any atom is -0.483 e. The summed E-state index contributed by atoms with van der Waals surface area (Å²) in [5, 5.41) is 6.89. The highest BCUT2D eigenvalue weighted by molar-refractivity contribution is 7.85. The van der Waals surface area contributed by atoms with Gasteiger partial charge in [-0.2, -0.15) is 8.42 Å². The highest BCUT2D eigenvalue weighted by Gasteiger charge is 2.06. The van der Waals surface area contributed by atoms with Crippen LogP contribution in [0.5, 0.6) is 0 Å². The van der Waals surface area contributed by atoms with Crippen molar-refractivity contribution in [2.75, 3.05) is 0 Å². The standard InChI is InChI=1S/C7H8O3S.CH2O2/c1-6-2-4-7(5-3-6)11(8,9)10;2-1-3/h2-5H,1H3,(H,8,9,10);1H,(H,2,3). The molecule has 14 heavy (non-hydrogen) atoms. The summed E-state index contributed by atoms with van der Waals surface area (Å²) in [5.41, 5.74) is 0.956. The molecule has 0 atom stereocenters. The highest BCUT2D eigenvalue weighted by Crippen LogP contribution is 2.08. The second kappa shape index (κ2) is 5.36. The Labute approximate surface area is 81.8 Å². The maximum Gasteiger partial charge on any atom is 0.294 e. The third kappa shape index (κ3) is 4.58. The molecular formula is C8H10O5S. The lowest BCUT2D eigenvalue weighted by molar-refractivity contribution is -0.122. The van der Waals surface area contributed by atoms with Crippen LogP contribution in [0.25, 0.3) is 0 Å². The third-order valence-electron chi connectivity index (χ3n) is 1.32. The van der Waals surface area contributed by atoms with Gasteiger partial charge in [0.1, 0.15) is 0 Å². The lowest BCUT2D eigenvalue weighted by atomic mass is 10.2. The first-order chi connectivity index (χ1) is 6.41. The number of hydrogen-bond acceptors (Lipinski definition) is 3. The molecule has 0 amide bonds. The Morgan fingerprint density at radius 3 is 1.86 bits per heavy atom. The largest absolute Gasteiger partial charge is 0.483 e. The van der Waals surface area contributed by atoms with E-state index in [1.54, 1.807) is 12.1 Å². The van der Waals surface area contributed by atoms with Crippen molar-refractivity contribution in [1.29, 1.82) is 0 Å². The van der Waals surface area contributed by atoms with Crippen LogP contribution in [0.15, 0.2) is 29.2 Å². The number of carboxylic acid groups (broad SMARTS) is 1. The van der Waals surface area contributed by atoms with E-state index in [-0.39, 0.29) is 11.4 Å². The van der Waals surface area contributed by atoms with Gasteiger partial charge in [-0.15, -0.1) is 0 Å². The highest BCUT2D eigenvalue weighted by atomic mass is 32.2. The van der Waals surface area contributed by atoms with Gasteiger partial charge in [0.05, 0.1) is 4.90 Å². The van der Waals surface area contributed by atoms with Crippen LogP contribution in [0.3, 0.4) is 0 Å². The second-order valence-electron chi connectivity index (χ2n) is 2.39. The topological polar surface area (TPSA) is 91.7 Å². The lowest BCUT2D eigenvalue weighted by Gasteiger charge is -1.95. The van der Waals surface area contributed by atoms with Crippen molar-refractivity contribution in [3.8, 4) is 0 Å². The SMILES string of the molecule is Cc1ccc(S(=O)(=O)O)cc1.O=CO. The molecule has 0 saturated heterocycles. The summed E-state index contributed by atoms with van der Waals surface area (Å²) in [4.78, 5) is 8.29. The normalized spacial score (nSPS) is 9.86. The summed E-state index contributed by atoms with van der Waals surface area (Å²) in [6, 6.07) is 5.99. The van der Waals surface area contributed by atoms with E-state index in [2.05, 4.69) is 0 Å². The van der Waals surface area contributed by atoms with Crippen molar-refractivity contribution in [3.05, 3.63) is 29.8 Å².